The summed E-state index contributed by atoms with van der Waals surface area (Å²) >= 11 is 0. The minimum absolute atomic E-state index is 0.00298. The van der Waals surface area contributed by atoms with E-state index < -0.39 is 17.5 Å². The number of nitrogens with zero attached hydrogens (tertiary/aromatic N) is 3. The molecule has 1 aliphatic carbocycles. The Morgan fingerprint density at radius 1 is 1.26 bits per heavy atom. The van der Waals surface area contributed by atoms with Crippen molar-refractivity contribution in [1.29, 1.82) is 0 Å². The van der Waals surface area contributed by atoms with Crippen LogP contribution in [0.3, 0.4) is 0 Å². The molecule has 10 heteroatoms. The summed E-state index contributed by atoms with van der Waals surface area (Å²) < 4.78 is 21.0. The van der Waals surface area contributed by atoms with E-state index in [2.05, 4.69) is 15.3 Å². The highest BCUT2D eigenvalue weighted by Crippen LogP contribution is 2.42. The molecular weight excluding hydrogens is 453 g/mol. The molecule has 0 bridgehead atoms. The number of pyridine rings is 2. The second-order valence-corrected chi connectivity index (χ2v) is 9.80. The number of aromatic nitrogens is 2. The van der Waals surface area contributed by atoms with Crippen LogP contribution in [0.5, 0.6) is 5.88 Å². The summed E-state index contributed by atoms with van der Waals surface area (Å²) in [5, 5.41) is 24.4. The van der Waals surface area contributed by atoms with Gasteiger partial charge in [-0.05, 0) is 62.6 Å². The Morgan fingerprint density at radius 3 is 2.69 bits per heavy atom. The zero-order chi connectivity index (χ0) is 25.1. The zero-order valence-electron chi connectivity index (χ0n) is 19.8. The highest BCUT2D eigenvalue weighted by atomic mass is 19.1. The molecule has 3 aromatic rings. The molecule has 1 aromatic carbocycles. The Morgan fingerprint density at radius 2 is 2.00 bits per heavy atom. The molecule has 0 atom stereocenters. The lowest BCUT2D eigenvalue weighted by Crippen LogP contribution is -2.53. The summed E-state index contributed by atoms with van der Waals surface area (Å²) in [5.41, 5.74) is 7.54. The molecule has 0 radical (unpaired) electrons. The number of nitrogens with two attached hydrogens (primary N) is 1. The summed E-state index contributed by atoms with van der Waals surface area (Å²) in [7, 11) is 0. The van der Waals surface area contributed by atoms with Crippen molar-refractivity contribution in [3.05, 3.63) is 35.9 Å². The average molecular weight is 482 g/mol. The summed E-state index contributed by atoms with van der Waals surface area (Å²) in [6.07, 6.45) is 2.89. The van der Waals surface area contributed by atoms with E-state index in [4.69, 9.17) is 10.5 Å². The number of carbonyl (C=O) groups is 1. The van der Waals surface area contributed by atoms with Crippen molar-refractivity contribution in [2.45, 2.75) is 45.3 Å². The van der Waals surface area contributed by atoms with E-state index in [9.17, 15) is 15.0 Å². The maximum absolute atomic E-state index is 15.4. The molecule has 3 heterocycles. The number of nitrogen functional groups attached to an aromatic ring is 1. The lowest BCUT2D eigenvalue weighted by atomic mass is 9.70. The molecule has 9 nitrogen and oxygen atoms in total. The summed E-state index contributed by atoms with van der Waals surface area (Å²) in [6, 6.07) is 2.96. The summed E-state index contributed by atoms with van der Waals surface area (Å²) in [6.45, 7) is 6.44. The number of hydrogen-bond acceptors (Lipinski definition) is 7. The Balaban J connectivity index is 1.57. The molecule has 184 valence electrons. The number of hydrogen-bond donors (Lipinski definition) is 4. The molecule has 1 aliphatic heterocycles. The fraction of sp³-hybridized carbons (Fsp3) is 0.400. The van der Waals surface area contributed by atoms with Gasteiger partial charge in [0.15, 0.2) is 5.82 Å². The van der Waals surface area contributed by atoms with Gasteiger partial charge in [0, 0.05) is 41.5 Å². The van der Waals surface area contributed by atoms with Gasteiger partial charge in [-0.15, -0.1) is 0 Å². The second kappa shape index (κ2) is 8.23. The third kappa shape index (κ3) is 3.87. The maximum Gasteiger partial charge on any atom is 0.413 e. The van der Waals surface area contributed by atoms with Gasteiger partial charge in [-0.3, -0.25) is 4.90 Å². The number of amides is 1. The van der Waals surface area contributed by atoms with Crippen LogP contribution in [0.2, 0.25) is 0 Å². The second-order valence-electron chi connectivity index (χ2n) is 9.80. The van der Waals surface area contributed by atoms with E-state index in [1.807, 2.05) is 6.92 Å². The van der Waals surface area contributed by atoms with Gasteiger partial charge >= 0.3 is 6.09 Å². The Bertz CT molecular complexity index is 1330. The molecule has 1 amide bonds. The van der Waals surface area contributed by atoms with Crippen LogP contribution in [-0.2, 0) is 0 Å². The van der Waals surface area contributed by atoms with Gasteiger partial charge in [0.1, 0.15) is 18.1 Å². The third-order valence-corrected chi connectivity index (χ3v) is 7.15. The van der Waals surface area contributed by atoms with E-state index in [1.165, 1.54) is 11.1 Å². The smallest absolute Gasteiger partial charge is 0.413 e. The number of rotatable bonds is 4. The number of carboxylic acid groups (broad SMARTS) is 1. The molecule has 1 fully saturated rings. The van der Waals surface area contributed by atoms with Crippen LogP contribution < -0.4 is 20.7 Å². The van der Waals surface area contributed by atoms with Crippen molar-refractivity contribution < 1.29 is 24.1 Å². The van der Waals surface area contributed by atoms with E-state index in [0.717, 1.165) is 5.56 Å². The maximum atomic E-state index is 15.4. The van der Waals surface area contributed by atoms with Gasteiger partial charge in [0.05, 0.1) is 11.3 Å². The topological polar surface area (TPSA) is 134 Å². The minimum Gasteiger partial charge on any atom is -0.474 e. The number of aliphatic hydroxyl groups is 1. The molecule has 2 aliphatic rings. The average Bonchev–Trinajstić information content (AvgIpc) is 2.77. The molecule has 0 unspecified atom stereocenters. The molecule has 1 saturated carbocycles. The van der Waals surface area contributed by atoms with E-state index in [1.54, 1.807) is 32.2 Å². The summed E-state index contributed by atoms with van der Waals surface area (Å²) in [4.78, 5) is 22.0. The summed E-state index contributed by atoms with van der Waals surface area (Å²) in [5.74, 6) is 0.121. The van der Waals surface area contributed by atoms with Crippen LogP contribution in [-0.4, -0.2) is 51.1 Å². The predicted octanol–water partition coefficient (Wildman–Crippen LogP) is 4.16. The molecular formula is C25H28FN5O4. The van der Waals surface area contributed by atoms with Crippen LogP contribution in [0.25, 0.3) is 21.9 Å². The molecule has 2 aromatic heterocycles. The SMILES string of the molecule is Cc1c(-c2cc3cc(N(C(=O)O)C4CC(C(C)(C)O)C4)ncc3c(N)c2F)cnc2c1NCCO2. The van der Waals surface area contributed by atoms with Crippen molar-refractivity contribution in [2.75, 3.05) is 29.1 Å². The first-order valence-corrected chi connectivity index (χ1v) is 11.5. The van der Waals surface area contributed by atoms with Gasteiger partial charge in [-0.2, -0.15) is 0 Å². The number of fused-ring (bicyclic) bond motifs is 2. The van der Waals surface area contributed by atoms with Crippen LogP contribution in [0, 0.1) is 18.7 Å². The van der Waals surface area contributed by atoms with E-state index in [0.29, 0.717) is 53.9 Å². The quantitative estimate of drug-likeness (QED) is 0.408. The molecule has 0 saturated heterocycles. The first-order valence-electron chi connectivity index (χ1n) is 11.5. The first kappa shape index (κ1) is 23.1. The lowest BCUT2D eigenvalue weighted by Gasteiger charge is -2.46. The predicted molar refractivity (Wildman–Crippen MR) is 131 cm³/mol. The Labute approximate surface area is 201 Å². The highest BCUT2D eigenvalue weighted by molar-refractivity contribution is 5.99. The number of ether oxygens (including phenoxy) is 1. The van der Waals surface area contributed by atoms with Crippen LogP contribution >= 0.6 is 0 Å². The first-order chi connectivity index (χ1) is 16.6. The molecule has 5 rings (SSSR count). The van der Waals surface area contributed by atoms with E-state index in [-0.39, 0.29) is 29.0 Å². The van der Waals surface area contributed by atoms with Crippen LogP contribution in [0.15, 0.2) is 24.5 Å². The van der Waals surface area contributed by atoms with Crippen LogP contribution in [0.1, 0.15) is 32.3 Å². The fourth-order valence-electron chi connectivity index (χ4n) is 4.92. The molecule has 0 spiro atoms. The Hall–Kier alpha value is -3.66. The zero-order valence-corrected chi connectivity index (χ0v) is 19.8. The van der Waals surface area contributed by atoms with Gasteiger partial charge in [0.2, 0.25) is 5.88 Å². The van der Waals surface area contributed by atoms with E-state index >= 15 is 4.39 Å². The van der Waals surface area contributed by atoms with Crippen molar-refractivity contribution in [1.82, 2.24) is 9.97 Å². The van der Waals surface area contributed by atoms with Gasteiger partial charge in [0.25, 0.3) is 0 Å². The number of benzene rings is 1. The van der Waals surface area contributed by atoms with Crippen molar-refractivity contribution in [2.24, 2.45) is 5.92 Å². The van der Waals surface area contributed by atoms with Crippen molar-refractivity contribution in [3.63, 3.8) is 0 Å². The molecule has 35 heavy (non-hydrogen) atoms. The van der Waals surface area contributed by atoms with Gasteiger partial charge in [-0.1, -0.05) is 0 Å². The lowest BCUT2D eigenvalue weighted by molar-refractivity contribution is -0.0268. The van der Waals surface area contributed by atoms with Crippen molar-refractivity contribution >= 4 is 34.1 Å². The standard InChI is InChI=1S/C25H28FN5O4/c1-12-17(10-30-23-22(12)28-4-5-35-23)16-6-13-7-19(29-11-18(13)21(27)20(16)26)31(24(32)33)15-8-14(9-15)25(2,3)34/h6-7,10-11,14-15,28,34H,4-5,8-9,27H2,1-3H3,(H,32,33). The fourth-order valence-corrected chi connectivity index (χ4v) is 4.92. The number of halogens is 1. The highest BCUT2D eigenvalue weighted by Gasteiger charge is 2.43. The molecule has 5 N–H and O–H groups in total. The Kier molecular flexibility index (Phi) is 5.43. The minimum atomic E-state index is -1.13. The van der Waals surface area contributed by atoms with Gasteiger partial charge in [-0.25, -0.2) is 19.2 Å². The monoisotopic (exact) mass is 481 g/mol. The van der Waals surface area contributed by atoms with Crippen molar-refractivity contribution in [3.8, 4) is 17.0 Å². The number of anilines is 3. The van der Waals surface area contributed by atoms with Crippen LogP contribution in [0.4, 0.5) is 26.4 Å². The number of nitrogens with one attached hydrogen (secondary N) is 1. The van der Waals surface area contributed by atoms with Gasteiger partial charge < -0.3 is 26.0 Å². The normalized spacial score (nSPS) is 19.3. The largest absolute Gasteiger partial charge is 0.474 e. The third-order valence-electron chi connectivity index (χ3n) is 7.15.